The lowest BCUT2D eigenvalue weighted by atomic mass is 10.1. The first-order chi connectivity index (χ1) is 56.1. The molecule has 608 valence electrons. The Morgan fingerprint density at radius 1 is 0.368 bits per heavy atom. The highest BCUT2D eigenvalue weighted by molar-refractivity contribution is 6.04. The lowest BCUT2D eigenvalue weighted by Crippen LogP contribution is -2.47. The summed E-state index contributed by atoms with van der Waals surface area (Å²) in [6.45, 7) is 1.39. The zero-order chi connectivity index (χ0) is 83.5. The average molecular weight is 1600 g/mol. The molecular formula is C80H86F4N24O9. The summed E-state index contributed by atoms with van der Waals surface area (Å²) in [7, 11) is 14.0. The molecule has 7 amide bonds. The Hall–Kier alpha value is -14.0. The number of nitrogens with one attached hydrogen (secondary N) is 3. The fraction of sp³-hybridized carbons (Fsp3) is 0.300. The number of aromatic carboxylic acids is 1. The van der Waals surface area contributed by atoms with E-state index in [1.54, 1.807) is 76.6 Å². The second-order valence-corrected chi connectivity index (χ2v) is 28.2. The van der Waals surface area contributed by atoms with Gasteiger partial charge in [0.15, 0.2) is 40.4 Å². The van der Waals surface area contributed by atoms with Gasteiger partial charge in [0.05, 0.1) is 127 Å². The number of carbonyl (C=O) groups is 8. The van der Waals surface area contributed by atoms with Crippen molar-refractivity contribution < 1.29 is 61.0 Å². The number of aromatic nitrogens is 16. The predicted octanol–water partition coefficient (Wildman–Crippen LogP) is 5.96. The van der Waals surface area contributed by atoms with E-state index in [0.29, 0.717) is 88.2 Å². The Morgan fingerprint density at radius 3 is 0.846 bits per heavy atom. The van der Waals surface area contributed by atoms with Gasteiger partial charge in [0, 0.05) is 56.4 Å². The van der Waals surface area contributed by atoms with Gasteiger partial charge < -0.3 is 46.4 Å². The number of hydrogen-bond donors (Lipinski definition) is 5. The highest BCUT2D eigenvalue weighted by Gasteiger charge is 2.37. The molecule has 2 unspecified atom stereocenters. The molecule has 12 aromatic rings. The van der Waals surface area contributed by atoms with Crippen molar-refractivity contribution >= 4 is 70.1 Å². The van der Waals surface area contributed by atoms with Crippen LogP contribution in [0.15, 0.2) is 171 Å². The second-order valence-electron chi connectivity index (χ2n) is 28.2. The molecule has 0 spiro atoms. The van der Waals surface area contributed by atoms with Crippen molar-refractivity contribution in [2.45, 2.75) is 102 Å². The average Bonchev–Trinajstić information content (AvgIpc) is 1.67. The zero-order valence-electron chi connectivity index (χ0n) is 65.2. The SMILES string of the molecule is CN1C(=O)C(N)CCc2c1cnn2C.CN1C(=O)C(NC(=O)c2nn(Cc3ccccc3)cc2F)CCc2c1cnn2C.CN1C(=O)[C@@H](NC(=O)c2nn(Cc3ccccc3)cc2F)CCc2c1cnn2C.CN1C(=O)[C@H](NC(=O)c2nn(Cc3ccccc3)cc2F)CCc2c1cnn2C.O=C(O)c1nn(Cc2ccccc2)cc1F. The Balaban J connectivity index is 0.000000138. The minimum Gasteiger partial charge on any atom is -0.476 e. The van der Waals surface area contributed by atoms with Gasteiger partial charge in [-0.3, -0.25) is 71.0 Å². The van der Waals surface area contributed by atoms with Gasteiger partial charge in [-0.2, -0.15) is 40.8 Å². The highest BCUT2D eigenvalue weighted by Crippen LogP contribution is 2.30. The van der Waals surface area contributed by atoms with Gasteiger partial charge in [0.25, 0.3) is 17.7 Å². The first kappa shape index (κ1) is 82.5. The van der Waals surface area contributed by atoms with E-state index in [1.165, 1.54) is 52.0 Å². The fourth-order valence-corrected chi connectivity index (χ4v) is 13.8. The van der Waals surface area contributed by atoms with Crippen molar-refractivity contribution in [3.63, 3.8) is 0 Å². The summed E-state index contributed by atoms with van der Waals surface area (Å²) >= 11 is 0. The summed E-state index contributed by atoms with van der Waals surface area (Å²) in [6.07, 6.45) is 15.6. The molecule has 0 fully saturated rings. The summed E-state index contributed by atoms with van der Waals surface area (Å²) in [4.78, 5) is 104. The topological polar surface area (TPSA) is 374 Å². The summed E-state index contributed by atoms with van der Waals surface area (Å²) < 4.78 is 68.5. The van der Waals surface area contributed by atoms with E-state index in [2.05, 4.69) is 56.7 Å². The predicted molar refractivity (Wildman–Crippen MR) is 419 cm³/mol. The number of anilines is 4. The van der Waals surface area contributed by atoms with Gasteiger partial charge in [-0.05, 0) is 73.6 Å². The van der Waals surface area contributed by atoms with Crippen LogP contribution in [0.3, 0.4) is 0 Å². The number of benzene rings is 4. The number of likely N-dealkylation sites (N-methyl/N-ethyl adjacent to an activating group) is 4. The number of carbonyl (C=O) groups excluding carboxylic acids is 7. The number of hydrogen-bond acceptors (Lipinski definition) is 17. The normalized spacial score (nSPS) is 16.3. The number of amides is 7. The number of nitrogens with zero attached hydrogens (tertiary/aromatic N) is 20. The number of carboxylic acids is 1. The van der Waals surface area contributed by atoms with E-state index in [9.17, 15) is 55.9 Å². The third-order valence-corrected chi connectivity index (χ3v) is 20.2. The minimum absolute atomic E-state index is 0.0308. The maximum Gasteiger partial charge on any atom is 0.359 e. The molecule has 33 nitrogen and oxygen atoms in total. The Morgan fingerprint density at radius 2 is 0.598 bits per heavy atom. The molecular weight excluding hydrogens is 1520 g/mol. The smallest absolute Gasteiger partial charge is 0.359 e. The van der Waals surface area contributed by atoms with E-state index in [1.807, 2.05) is 150 Å². The fourth-order valence-electron chi connectivity index (χ4n) is 13.8. The standard InChI is InChI=1S/3C20H21FN6O2.C11H9FN2O2.C9H14N4O/c3*1-25-17-10-22-26(2)16(17)9-8-15(20(25)29)23-19(28)18-14(21)12-27(24-18)11-13-6-4-3-5-7-13;12-9-7-14(13-10(9)11(15)16)6-8-4-2-1-3-5-8;1-12-8-5-11-13(2)7(8)4-3-6(10)9(12)14/h3*3-7,10,12,15H,8-9,11H2,1-2H3,(H,23,28);1-5,7H,6H2,(H,15,16);5-6H,3-4,10H2,1-2H3/t2*15-;;;/m10.../s1. The molecule has 0 bridgehead atoms. The van der Waals surface area contributed by atoms with Gasteiger partial charge in [0.2, 0.25) is 29.3 Å². The largest absolute Gasteiger partial charge is 0.476 e. The molecule has 4 aliphatic rings. The maximum absolute atomic E-state index is 14.3. The molecule has 4 atom stereocenters. The molecule has 0 aliphatic carbocycles. The summed E-state index contributed by atoms with van der Waals surface area (Å²) in [5.74, 6) is -7.29. The summed E-state index contributed by atoms with van der Waals surface area (Å²) in [6, 6.07) is 34.9. The molecule has 0 radical (unpaired) electrons. The lowest BCUT2D eigenvalue weighted by molar-refractivity contribution is -0.120. The van der Waals surface area contributed by atoms with Gasteiger partial charge in [-0.25, -0.2) is 22.4 Å². The number of halogens is 4. The third kappa shape index (κ3) is 19.3. The van der Waals surface area contributed by atoms with Crippen LogP contribution in [-0.4, -0.2) is 183 Å². The molecule has 117 heavy (non-hydrogen) atoms. The third-order valence-electron chi connectivity index (χ3n) is 20.2. The van der Waals surface area contributed by atoms with Crippen LogP contribution in [0, 0.1) is 23.3 Å². The van der Waals surface area contributed by atoms with Gasteiger partial charge in [-0.1, -0.05) is 121 Å². The van der Waals surface area contributed by atoms with E-state index < -0.39 is 70.8 Å². The van der Waals surface area contributed by atoms with Crippen LogP contribution in [-0.2, 0) is 99.2 Å². The number of rotatable bonds is 15. The van der Waals surface area contributed by atoms with Crippen molar-refractivity contribution in [2.75, 3.05) is 47.8 Å². The molecule has 0 saturated carbocycles. The molecule has 12 heterocycles. The van der Waals surface area contributed by atoms with Crippen molar-refractivity contribution in [1.29, 1.82) is 0 Å². The number of carboxylic acid groups (broad SMARTS) is 1. The molecule has 37 heteroatoms. The van der Waals surface area contributed by atoms with E-state index in [0.717, 1.165) is 63.3 Å². The molecule has 6 N–H and O–H groups in total. The van der Waals surface area contributed by atoms with Crippen LogP contribution >= 0.6 is 0 Å². The van der Waals surface area contributed by atoms with Gasteiger partial charge in [0.1, 0.15) is 18.1 Å². The van der Waals surface area contributed by atoms with E-state index >= 15 is 0 Å². The summed E-state index contributed by atoms with van der Waals surface area (Å²) in [5.41, 5.74) is 14.8. The second kappa shape index (κ2) is 36.4. The van der Waals surface area contributed by atoms with Crippen molar-refractivity contribution in [1.82, 2.24) is 94.2 Å². The van der Waals surface area contributed by atoms with Crippen LogP contribution in [0.4, 0.5) is 40.3 Å². The number of nitrogens with two attached hydrogens (primary N) is 1. The lowest BCUT2D eigenvalue weighted by Gasteiger charge is -2.20. The van der Waals surface area contributed by atoms with Crippen LogP contribution in [0.25, 0.3) is 0 Å². The van der Waals surface area contributed by atoms with Crippen LogP contribution < -0.4 is 41.3 Å². The van der Waals surface area contributed by atoms with E-state index in [4.69, 9.17) is 10.8 Å². The van der Waals surface area contributed by atoms with Crippen LogP contribution in [0.1, 0.15) is 113 Å². The Kier molecular flexibility index (Phi) is 25.7. The van der Waals surface area contributed by atoms with Crippen molar-refractivity contribution in [3.8, 4) is 0 Å². The van der Waals surface area contributed by atoms with Gasteiger partial charge in [-0.15, -0.1) is 0 Å². The Bertz CT molecular complexity index is 5170. The van der Waals surface area contributed by atoms with E-state index in [-0.39, 0.29) is 46.8 Å². The maximum atomic E-state index is 14.3. The van der Waals surface area contributed by atoms with Crippen molar-refractivity contribution in [2.24, 2.45) is 33.9 Å². The molecule has 0 saturated heterocycles. The molecule has 4 aromatic carbocycles. The number of aryl methyl sites for hydroxylation is 4. The monoisotopic (exact) mass is 1600 g/mol. The van der Waals surface area contributed by atoms with Crippen LogP contribution in [0.2, 0.25) is 0 Å². The first-order valence-corrected chi connectivity index (χ1v) is 37.2. The molecule has 8 aromatic heterocycles. The van der Waals surface area contributed by atoms with Gasteiger partial charge >= 0.3 is 5.97 Å². The first-order valence-electron chi connectivity index (χ1n) is 37.2. The zero-order valence-corrected chi connectivity index (χ0v) is 65.2. The van der Waals surface area contributed by atoms with Crippen molar-refractivity contribution in [3.05, 3.63) is 262 Å². The quantitative estimate of drug-likeness (QED) is 0.0739. The molecule has 16 rings (SSSR count). The minimum atomic E-state index is -1.36. The molecule has 4 aliphatic heterocycles. The Labute approximate surface area is 667 Å². The summed E-state index contributed by atoms with van der Waals surface area (Å²) in [5, 5.41) is 49.1. The van der Waals surface area contributed by atoms with Crippen LogP contribution in [0.5, 0.6) is 0 Å². The highest BCUT2D eigenvalue weighted by atomic mass is 19.1. The number of fused-ring (bicyclic) bond motifs is 4.